The van der Waals surface area contributed by atoms with Crippen LogP contribution in [0.25, 0.3) is 0 Å². The summed E-state index contributed by atoms with van der Waals surface area (Å²) >= 11 is 0. The molecule has 0 aromatic heterocycles. The van der Waals surface area contributed by atoms with Crippen molar-refractivity contribution in [3.05, 3.63) is 35.9 Å². The highest BCUT2D eigenvalue weighted by Crippen LogP contribution is 2.06. The molecule has 35 heavy (non-hydrogen) atoms. The van der Waals surface area contributed by atoms with Crippen LogP contribution >= 0.6 is 0 Å². The lowest BCUT2D eigenvalue weighted by Gasteiger charge is -2.25. The number of carboxylic acids is 1. The molecular formula is C22H32N6O7. The minimum Gasteiger partial charge on any atom is -0.480 e. The zero-order valence-corrected chi connectivity index (χ0v) is 19.5. The molecule has 0 aliphatic rings. The maximum absolute atomic E-state index is 12.8. The number of nitrogens with two attached hydrogens (primary N) is 3. The Morgan fingerprint density at radius 3 is 1.60 bits per heavy atom. The highest BCUT2D eigenvalue weighted by Gasteiger charge is 2.32. The van der Waals surface area contributed by atoms with E-state index in [1.807, 2.05) is 0 Å². The lowest BCUT2D eigenvalue weighted by molar-refractivity contribution is -0.142. The monoisotopic (exact) mass is 492 g/mol. The number of benzene rings is 1. The number of amides is 5. The number of hydrogen-bond acceptors (Lipinski definition) is 7. The summed E-state index contributed by atoms with van der Waals surface area (Å²) < 4.78 is 0. The first-order valence-electron chi connectivity index (χ1n) is 10.8. The summed E-state index contributed by atoms with van der Waals surface area (Å²) in [6.07, 6.45) is -1.34. The minimum atomic E-state index is -1.58. The van der Waals surface area contributed by atoms with Gasteiger partial charge in [0.2, 0.25) is 29.5 Å². The third-order valence-corrected chi connectivity index (χ3v) is 4.99. The van der Waals surface area contributed by atoms with E-state index in [0.29, 0.717) is 5.56 Å². The normalized spacial score (nSPS) is 14.2. The van der Waals surface area contributed by atoms with Crippen LogP contribution < -0.4 is 33.2 Å². The summed E-state index contributed by atoms with van der Waals surface area (Å²) in [6, 6.07) is 3.05. The third-order valence-electron chi connectivity index (χ3n) is 4.99. The van der Waals surface area contributed by atoms with Gasteiger partial charge in [-0.05, 0) is 11.5 Å². The largest absolute Gasteiger partial charge is 0.480 e. The molecule has 10 N–H and O–H groups in total. The van der Waals surface area contributed by atoms with E-state index in [0.717, 1.165) is 0 Å². The van der Waals surface area contributed by atoms with Crippen molar-refractivity contribution in [3.63, 3.8) is 0 Å². The maximum atomic E-state index is 12.8. The van der Waals surface area contributed by atoms with Gasteiger partial charge in [0.15, 0.2) is 0 Å². The van der Waals surface area contributed by atoms with Gasteiger partial charge in [-0.1, -0.05) is 44.2 Å². The average Bonchev–Trinajstić information content (AvgIpc) is 2.76. The van der Waals surface area contributed by atoms with E-state index in [1.54, 1.807) is 44.2 Å². The molecule has 0 saturated heterocycles. The molecule has 0 saturated carbocycles. The van der Waals surface area contributed by atoms with E-state index in [1.165, 1.54) is 0 Å². The van der Waals surface area contributed by atoms with Crippen molar-refractivity contribution in [1.82, 2.24) is 16.0 Å². The molecule has 13 nitrogen and oxygen atoms in total. The smallest absolute Gasteiger partial charge is 0.326 e. The number of primary amides is 2. The molecule has 192 valence electrons. The quantitative estimate of drug-likeness (QED) is 0.146. The zero-order valence-electron chi connectivity index (χ0n) is 19.5. The lowest BCUT2D eigenvalue weighted by Crippen LogP contribution is -2.58. The van der Waals surface area contributed by atoms with Crippen LogP contribution in [-0.4, -0.2) is 64.8 Å². The van der Waals surface area contributed by atoms with Crippen LogP contribution in [0, 0.1) is 5.92 Å². The molecule has 1 aromatic rings. The zero-order chi connectivity index (χ0) is 26.7. The van der Waals surface area contributed by atoms with Crippen molar-refractivity contribution in [2.45, 2.75) is 57.3 Å². The van der Waals surface area contributed by atoms with Crippen LogP contribution in [0.2, 0.25) is 0 Å². The predicted octanol–water partition coefficient (Wildman–Crippen LogP) is -2.50. The minimum absolute atomic E-state index is 0.0629. The Morgan fingerprint density at radius 1 is 0.771 bits per heavy atom. The number of carbonyl (C=O) groups excluding carboxylic acids is 5. The van der Waals surface area contributed by atoms with Crippen molar-refractivity contribution in [2.24, 2.45) is 23.1 Å². The number of nitrogens with one attached hydrogen (secondary N) is 3. The fourth-order valence-corrected chi connectivity index (χ4v) is 2.99. The van der Waals surface area contributed by atoms with Gasteiger partial charge >= 0.3 is 5.97 Å². The Hall–Kier alpha value is -4.00. The summed E-state index contributed by atoms with van der Waals surface area (Å²) in [4.78, 5) is 72.5. The molecule has 1 rings (SSSR count). The number of carbonyl (C=O) groups is 6. The summed E-state index contributed by atoms with van der Waals surface area (Å²) in [6.45, 7) is 3.35. The molecule has 0 radical (unpaired) electrons. The highest BCUT2D eigenvalue weighted by molar-refractivity contribution is 5.97. The number of rotatable bonds is 14. The number of aliphatic carboxylic acids is 1. The highest BCUT2D eigenvalue weighted by atomic mass is 16.4. The van der Waals surface area contributed by atoms with Gasteiger partial charge in [-0.2, -0.15) is 0 Å². The van der Waals surface area contributed by atoms with E-state index >= 15 is 0 Å². The van der Waals surface area contributed by atoms with Gasteiger partial charge in [-0.3, -0.25) is 24.0 Å². The Balaban J connectivity index is 3.03. The van der Waals surface area contributed by atoms with E-state index in [2.05, 4.69) is 16.0 Å². The standard InChI is InChI=1S/C22H32N6O7/c1-11(2)18(25)21(33)27-14(10-17(24)30)19(31)26-13(9-16(23)29)20(32)28-15(22(34)35)8-12-6-4-3-5-7-12/h3-7,11,13-15,18H,8-10,25H2,1-2H3,(H2,23,29)(H2,24,30)(H,26,31)(H,27,33)(H,28,32)(H,34,35). The Bertz CT molecular complexity index is 937. The first-order valence-corrected chi connectivity index (χ1v) is 10.8. The molecule has 4 unspecified atom stereocenters. The van der Waals surface area contributed by atoms with Gasteiger partial charge in [0, 0.05) is 6.42 Å². The fraction of sp³-hybridized carbons (Fsp3) is 0.455. The van der Waals surface area contributed by atoms with Gasteiger partial charge in [-0.15, -0.1) is 0 Å². The Labute approximate surface area is 202 Å². The molecule has 4 atom stereocenters. The summed E-state index contributed by atoms with van der Waals surface area (Å²) in [5.41, 5.74) is 16.7. The molecule has 5 amide bonds. The molecule has 0 aliphatic carbocycles. The van der Waals surface area contributed by atoms with Crippen LogP contribution in [0.5, 0.6) is 0 Å². The van der Waals surface area contributed by atoms with Gasteiger partial charge < -0.3 is 38.3 Å². The van der Waals surface area contributed by atoms with Crippen molar-refractivity contribution < 1.29 is 33.9 Å². The molecule has 0 bridgehead atoms. The molecule has 0 fully saturated rings. The van der Waals surface area contributed by atoms with Crippen LogP contribution in [0.3, 0.4) is 0 Å². The Kier molecular flexibility index (Phi) is 11.3. The second kappa shape index (κ2) is 13.6. The van der Waals surface area contributed by atoms with Crippen molar-refractivity contribution >= 4 is 35.5 Å². The molecule has 0 spiro atoms. The average molecular weight is 493 g/mol. The summed E-state index contributed by atoms with van der Waals surface area (Å²) in [5.74, 6) is -6.24. The number of carboxylic acid groups (broad SMARTS) is 1. The van der Waals surface area contributed by atoms with Gasteiger partial charge in [-0.25, -0.2) is 4.79 Å². The molecular weight excluding hydrogens is 460 g/mol. The van der Waals surface area contributed by atoms with E-state index in [-0.39, 0.29) is 12.3 Å². The Morgan fingerprint density at radius 2 is 1.20 bits per heavy atom. The fourth-order valence-electron chi connectivity index (χ4n) is 2.99. The van der Waals surface area contributed by atoms with Crippen LogP contribution in [-0.2, 0) is 35.2 Å². The van der Waals surface area contributed by atoms with Crippen LogP contribution in [0.15, 0.2) is 30.3 Å². The lowest BCUT2D eigenvalue weighted by atomic mass is 10.0. The molecule has 0 aliphatic heterocycles. The van der Waals surface area contributed by atoms with E-state index in [4.69, 9.17) is 17.2 Å². The van der Waals surface area contributed by atoms with E-state index in [9.17, 15) is 33.9 Å². The third kappa shape index (κ3) is 10.2. The van der Waals surface area contributed by atoms with Crippen molar-refractivity contribution in [2.75, 3.05) is 0 Å². The molecule has 13 heteroatoms. The van der Waals surface area contributed by atoms with Gasteiger partial charge in [0.25, 0.3) is 0 Å². The van der Waals surface area contributed by atoms with Crippen LogP contribution in [0.4, 0.5) is 0 Å². The second-order valence-electron chi connectivity index (χ2n) is 8.32. The molecule has 1 aromatic carbocycles. The van der Waals surface area contributed by atoms with E-state index < -0.39 is 72.5 Å². The van der Waals surface area contributed by atoms with Crippen LogP contribution in [0.1, 0.15) is 32.3 Å². The maximum Gasteiger partial charge on any atom is 0.326 e. The second-order valence-corrected chi connectivity index (χ2v) is 8.32. The SMILES string of the molecule is CC(C)C(N)C(=O)NC(CC(N)=O)C(=O)NC(CC(N)=O)C(=O)NC(Cc1ccccc1)C(=O)O. The van der Waals surface area contributed by atoms with Crippen molar-refractivity contribution in [1.29, 1.82) is 0 Å². The number of hydrogen-bond donors (Lipinski definition) is 7. The van der Waals surface area contributed by atoms with Gasteiger partial charge in [0.1, 0.15) is 18.1 Å². The first kappa shape index (κ1) is 29.0. The summed E-state index contributed by atoms with van der Waals surface area (Å²) in [7, 11) is 0. The summed E-state index contributed by atoms with van der Waals surface area (Å²) in [5, 5.41) is 16.3. The predicted molar refractivity (Wildman–Crippen MR) is 124 cm³/mol. The topological polar surface area (TPSA) is 237 Å². The van der Waals surface area contributed by atoms with Gasteiger partial charge in [0.05, 0.1) is 18.9 Å². The van der Waals surface area contributed by atoms with Crippen molar-refractivity contribution in [3.8, 4) is 0 Å². The first-order chi connectivity index (χ1) is 16.3. The molecule has 0 heterocycles.